The molecule has 0 aromatic heterocycles. The van der Waals surface area contributed by atoms with Gasteiger partial charge >= 0.3 is 12.0 Å². The lowest BCUT2D eigenvalue weighted by atomic mass is 9.98. The molecule has 1 aromatic rings. The second-order valence-electron chi connectivity index (χ2n) is 5.29. The van der Waals surface area contributed by atoms with Crippen LogP contribution in [-0.4, -0.2) is 48.2 Å². The van der Waals surface area contributed by atoms with E-state index in [1.807, 2.05) is 31.2 Å². The number of urea groups is 1. The van der Waals surface area contributed by atoms with E-state index in [0.717, 1.165) is 24.3 Å². The minimum atomic E-state index is -0.807. The average Bonchev–Trinajstić information content (AvgIpc) is 2.48. The van der Waals surface area contributed by atoms with Crippen LogP contribution in [0.3, 0.4) is 0 Å². The molecule has 2 amide bonds. The Morgan fingerprint density at radius 1 is 1.29 bits per heavy atom. The highest BCUT2D eigenvalue weighted by molar-refractivity contribution is 5.89. The second-order valence-corrected chi connectivity index (χ2v) is 5.29. The van der Waals surface area contributed by atoms with Crippen LogP contribution in [0.25, 0.3) is 0 Å². The van der Waals surface area contributed by atoms with E-state index in [1.54, 1.807) is 4.90 Å². The fraction of sp³-hybridized carbons (Fsp3) is 0.467. The zero-order valence-corrected chi connectivity index (χ0v) is 12.1. The van der Waals surface area contributed by atoms with E-state index in [1.165, 1.54) is 0 Å². The predicted molar refractivity (Wildman–Crippen MR) is 80.6 cm³/mol. The Labute approximate surface area is 124 Å². The number of benzene rings is 1. The van der Waals surface area contributed by atoms with Crippen LogP contribution in [0.4, 0.5) is 10.5 Å². The van der Waals surface area contributed by atoms with Crippen molar-refractivity contribution < 1.29 is 14.7 Å². The standard InChI is InChI=1S/C15H21N3O3/c1-11(10-14(19)20)12-2-4-13(5-3-12)17-15(21)18-8-6-16-7-9-18/h2-5,11,16H,6-10H2,1H3,(H,17,21)(H,19,20). The Bertz CT molecular complexity index is 495. The first-order valence-electron chi connectivity index (χ1n) is 7.14. The minimum absolute atomic E-state index is 0.0413. The smallest absolute Gasteiger partial charge is 0.321 e. The zero-order chi connectivity index (χ0) is 15.2. The van der Waals surface area contributed by atoms with Crippen LogP contribution < -0.4 is 10.6 Å². The van der Waals surface area contributed by atoms with E-state index in [2.05, 4.69) is 10.6 Å². The Morgan fingerprint density at radius 3 is 2.48 bits per heavy atom. The molecule has 114 valence electrons. The Balaban J connectivity index is 1.92. The SMILES string of the molecule is CC(CC(=O)O)c1ccc(NC(=O)N2CCNCC2)cc1. The molecule has 21 heavy (non-hydrogen) atoms. The summed E-state index contributed by atoms with van der Waals surface area (Å²) in [5, 5.41) is 14.9. The number of carbonyl (C=O) groups excluding carboxylic acids is 1. The Morgan fingerprint density at radius 2 is 1.90 bits per heavy atom. The van der Waals surface area contributed by atoms with E-state index in [9.17, 15) is 9.59 Å². The lowest BCUT2D eigenvalue weighted by Crippen LogP contribution is -2.48. The van der Waals surface area contributed by atoms with Crippen LogP contribution in [0.2, 0.25) is 0 Å². The molecule has 0 aliphatic carbocycles. The number of piperazine rings is 1. The molecule has 1 saturated heterocycles. The first kappa shape index (κ1) is 15.3. The summed E-state index contributed by atoms with van der Waals surface area (Å²) in [7, 11) is 0. The lowest BCUT2D eigenvalue weighted by Gasteiger charge is -2.27. The monoisotopic (exact) mass is 291 g/mol. The molecule has 2 rings (SSSR count). The van der Waals surface area contributed by atoms with Crippen LogP contribution in [0, 0.1) is 0 Å². The molecular weight excluding hydrogens is 270 g/mol. The maximum atomic E-state index is 12.0. The highest BCUT2D eigenvalue weighted by atomic mass is 16.4. The van der Waals surface area contributed by atoms with Gasteiger partial charge in [0, 0.05) is 31.9 Å². The van der Waals surface area contributed by atoms with Gasteiger partial charge in [-0.15, -0.1) is 0 Å². The number of nitrogens with zero attached hydrogens (tertiary/aromatic N) is 1. The van der Waals surface area contributed by atoms with Gasteiger partial charge in [0.2, 0.25) is 0 Å². The fourth-order valence-corrected chi connectivity index (χ4v) is 2.35. The number of carboxylic acid groups (broad SMARTS) is 1. The molecule has 3 N–H and O–H groups in total. The van der Waals surface area contributed by atoms with Gasteiger partial charge in [0.15, 0.2) is 0 Å². The van der Waals surface area contributed by atoms with Crippen LogP contribution in [0.1, 0.15) is 24.8 Å². The van der Waals surface area contributed by atoms with Crippen molar-refractivity contribution >= 4 is 17.7 Å². The van der Waals surface area contributed by atoms with Crippen molar-refractivity contribution in [3.63, 3.8) is 0 Å². The summed E-state index contributed by atoms with van der Waals surface area (Å²) in [6.45, 7) is 4.93. The molecule has 1 aromatic carbocycles. The minimum Gasteiger partial charge on any atom is -0.481 e. The first-order valence-corrected chi connectivity index (χ1v) is 7.14. The van der Waals surface area contributed by atoms with Crippen molar-refractivity contribution in [2.24, 2.45) is 0 Å². The topological polar surface area (TPSA) is 81.7 Å². The number of carbonyl (C=O) groups is 2. The van der Waals surface area contributed by atoms with E-state index in [-0.39, 0.29) is 18.4 Å². The van der Waals surface area contributed by atoms with E-state index in [0.29, 0.717) is 13.1 Å². The summed E-state index contributed by atoms with van der Waals surface area (Å²) in [5.74, 6) is -0.848. The van der Waals surface area contributed by atoms with E-state index >= 15 is 0 Å². The molecule has 1 aliphatic rings. The number of hydrogen-bond donors (Lipinski definition) is 3. The van der Waals surface area contributed by atoms with Gasteiger partial charge in [-0.1, -0.05) is 19.1 Å². The maximum absolute atomic E-state index is 12.0. The van der Waals surface area contributed by atoms with Crippen LogP contribution in [-0.2, 0) is 4.79 Å². The quantitative estimate of drug-likeness (QED) is 0.788. The normalized spacial score (nSPS) is 16.3. The molecular formula is C15H21N3O3. The van der Waals surface area contributed by atoms with Gasteiger partial charge in [0.25, 0.3) is 0 Å². The number of aliphatic carboxylic acids is 1. The molecule has 1 atom stereocenters. The van der Waals surface area contributed by atoms with Gasteiger partial charge in [0.05, 0.1) is 6.42 Å². The highest BCUT2D eigenvalue weighted by Gasteiger charge is 2.16. The molecule has 6 nitrogen and oxygen atoms in total. The highest BCUT2D eigenvalue weighted by Crippen LogP contribution is 2.21. The number of carboxylic acids is 1. The second kappa shape index (κ2) is 7.08. The van der Waals surface area contributed by atoms with E-state index < -0.39 is 5.97 Å². The average molecular weight is 291 g/mol. The van der Waals surface area contributed by atoms with E-state index in [4.69, 9.17) is 5.11 Å². The van der Waals surface area contributed by atoms with Crippen molar-refractivity contribution in [1.82, 2.24) is 10.2 Å². The van der Waals surface area contributed by atoms with Crippen molar-refractivity contribution in [1.29, 1.82) is 0 Å². The Hall–Kier alpha value is -2.08. The predicted octanol–water partition coefficient (Wildman–Crippen LogP) is 1.70. The summed E-state index contributed by atoms with van der Waals surface area (Å²) < 4.78 is 0. The Kier molecular flexibility index (Phi) is 5.16. The van der Waals surface area contributed by atoms with Crippen molar-refractivity contribution in [2.75, 3.05) is 31.5 Å². The summed E-state index contributed by atoms with van der Waals surface area (Å²) in [6.07, 6.45) is 0.104. The summed E-state index contributed by atoms with van der Waals surface area (Å²) >= 11 is 0. The number of amides is 2. The summed E-state index contributed by atoms with van der Waals surface area (Å²) in [5.41, 5.74) is 1.68. The van der Waals surface area contributed by atoms with Crippen LogP contribution >= 0.6 is 0 Å². The van der Waals surface area contributed by atoms with Crippen molar-refractivity contribution in [3.8, 4) is 0 Å². The van der Waals surface area contributed by atoms with Gasteiger partial charge in [-0.3, -0.25) is 4.79 Å². The zero-order valence-electron chi connectivity index (χ0n) is 12.1. The number of anilines is 1. The van der Waals surface area contributed by atoms with Gasteiger partial charge in [-0.25, -0.2) is 4.79 Å². The lowest BCUT2D eigenvalue weighted by molar-refractivity contribution is -0.137. The van der Waals surface area contributed by atoms with Gasteiger partial charge < -0.3 is 20.6 Å². The molecule has 1 heterocycles. The molecule has 1 fully saturated rings. The maximum Gasteiger partial charge on any atom is 0.321 e. The summed E-state index contributed by atoms with van der Waals surface area (Å²) in [6, 6.07) is 7.26. The fourth-order valence-electron chi connectivity index (χ4n) is 2.35. The van der Waals surface area contributed by atoms with Gasteiger partial charge in [-0.05, 0) is 23.6 Å². The molecule has 0 bridgehead atoms. The molecule has 0 spiro atoms. The van der Waals surface area contributed by atoms with Crippen molar-refractivity contribution in [2.45, 2.75) is 19.3 Å². The summed E-state index contributed by atoms with van der Waals surface area (Å²) in [4.78, 5) is 24.5. The third-order valence-electron chi connectivity index (χ3n) is 3.62. The number of nitrogens with one attached hydrogen (secondary N) is 2. The molecule has 0 radical (unpaired) electrons. The number of hydrogen-bond acceptors (Lipinski definition) is 3. The third-order valence-corrected chi connectivity index (χ3v) is 3.62. The first-order chi connectivity index (χ1) is 10.1. The molecule has 1 aliphatic heterocycles. The molecule has 0 saturated carbocycles. The largest absolute Gasteiger partial charge is 0.481 e. The van der Waals surface area contributed by atoms with Gasteiger partial charge in [-0.2, -0.15) is 0 Å². The van der Waals surface area contributed by atoms with Crippen molar-refractivity contribution in [3.05, 3.63) is 29.8 Å². The van der Waals surface area contributed by atoms with Gasteiger partial charge in [0.1, 0.15) is 0 Å². The van der Waals surface area contributed by atoms with Crippen LogP contribution in [0.15, 0.2) is 24.3 Å². The van der Waals surface area contributed by atoms with Crippen LogP contribution in [0.5, 0.6) is 0 Å². The number of rotatable bonds is 4. The molecule has 1 unspecified atom stereocenters. The third kappa shape index (κ3) is 4.46. The molecule has 6 heteroatoms.